The Morgan fingerprint density at radius 3 is 2.18 bits per heavy atom. The maximum atomic E-state index is 10.8. The van der Waals surface area contributed by atoms with E-state index in [1.54, 1.807) is 0 Å². The van der Waals surface area contributed by atoms with Crippen molar-refractivity contribution in [3.05, 3.63) is 113 Å². The van der Waals surface area contributed by atoms with Crippen LogP contribution >= 0.6 is 12.4 Å². The summed E-state index contributed by atoms with van der Waals surface area (Å²) in [6, 6.07) is 26.3. The maximum absolute atomic E-state index is 10.8. The van der Waals surface area contributed by atoms with Crippen LogP contribution in [0.3, 0.4) is 0 Å². The normalized spacial score (nSPS) is 10.5. The van der Waals surface area contributed by atoms with Crippen LogP contribution in [-0.2, 0) is 24.2 Å². The minimum atomic E-state index is -0.788. The van der Waals surface area contributed by atoms with Gasteiger partial charge in [-0.15, -0.1) is 12.4 Å². The second kappa shape index (κ2) is 13.6. The third kappa shape index (κ3) is 8.09. The Labute approximate surface area is 230 Å². The van der Waals surface area contributed by atoms with Gasteiger partial charge in [0.05, 0.1) is 6.61 Å². The second-order valence-corrected chi connectivity index (χ2v) is 9.33. The molecule has 0 atom stereocenters. The summed E-state index contributed by atoms with van der Waals surface area (Å²) in [6.45, 7) is 7.27. The first-order valence-electron chi connectivity index (χ1n) is 12.6. The van der Waals surface area contributed by atoms with Crippen LogP contribution in [0, 0.1) is 20.8 Å². The van der Waals surface area contributed by atoms with Crippen LogP contribution in [0.15, 0.2) is 78.9 Å². The molecule has 0 unspecified atom stereocenters. The lowest BCUT2D eigenvalue weighted by molar-refractivity contribution is -0.136. The molecular formula is C32H34ClNO4. The topological polar surface area (TPSA) is 68.7 Å². The molecule has 0 radical (unpaired) electrons. The van der Waals surface area contributed by atoms with Gasteiger partial charge in [0.15, 0.2) is 0 Å². The van der Waals surface area contributed by atoms with E-state index < -0.39 is 5.97 Å². The third-order valence-corrected chi connectivity index (χ3v) is 6.25. The Hall–Kier alpha value is -3.83. The summed E-state index contributed by atoms with van der Waals surface area (Å²) < 4.78 is 12.0. The average molecular weight is 532 g/mol. The molecule has 0 saturated carbocycles. The highest BCUT2D eigenvalue weighted by atomic mass is 35.5. The molecule has 0 aliphatic heterocycles. The van der Waals surface area contributed by atoms with Crippen molar-refractivity contribution in [2.75, 3.05) is 6.61 Å². The summed E-state index contributed by atoms with van der Waals surface area (Å²) in [6.07, 6.45) is 1.42. The van der Waals surface area contributed by atoms with Crippen molar-refractivity contribution in [3.8, 4) is 22.6 Å². The van der Waals surface area contributed by atoms with E-state index in [4.69, 9.17) is 14.6 Å². The van der Waals surface area contributed by atoms with E-state index in [1.165, 1.54) is 16.7 Å². The number of aryl methyl sites for hydroxylation is 4. The average Bonchev–Trinajstić information content (AvgIpc) is 2.87. The molecule has 198 valence electrons. The van der Waals surface area contributed by atoms with Gasteiger partial charge in [-0.25, -0.2) is 0 Å². The molecule has 0 amide bonds. The molecule has 1 heterocycles. The number of rotatable bonds is 11. The van der Waals surface area contributed by atoms with E-state index in [0.29, 0.717) is 19.6 Å². The van der Waals surface area contributed by atoms with Crippen molar-refractivity contribution in [3.63, 3.8) is 0 Å². The molecule has 1 aromatic heterocycles. The largest absolute Gasteiger partial charge is 0.493 e. The molecule has 0 spiro atoms. The van der Waals surface area contributed by atoms with Crippen molar-refractivity contribution >= 4 is 18.4 Å². The molecule has 3 aromatic carbocycles. The lowest BCUT2D eigenvalue weighted by Gasteiger charge is -2.15. The molecule has 1 N–H and O–H groups in total. The zero-order chi connectivity index (χ0) is 26.2. The molecular weight excluding hydrogens is 498 g/mol. The van der Waals surface area contributed by atoms with Gasteiger partial charge in [-0.05, 0) is 103 Å². The summed E-state index contributed by atoms with van der Waals surface area (Å²) in [5.74, 6) is 0.848. The molecule has 0 saturated heterocycles. The summed E-state index contributed by atoms with van der Waals surface area (Å²) >= 11 is 0. The fourth-order valence-electron chi connectivity index (χ4n) is 4.46. The number of hydrogen-bond acceptors (Lipinski definition) is 4. The summed E-state index contributed by atoms with van der Waals surface area (Å²) in [5.41, 5.74) is 8.81. The number of ether oxygens (including phenoxy) is 2. The van der Waals surface area contributed by atoms with Crippen LogP contribution in [0.25, 0.3) is 11.1 Å². The number of benzene rings is 3. The molecule has 5 nitrogen and oxygen atoms in total. The second-order valence-electron chi connectivity index (χ2n) is 9.33. The van der Waals surface area contributed by atoms with Crippen LogP contribution in [-0.4, -0.2) is 22.7 Å². The molecule has 4 rings (SSSR count). The number of hydrogen-bond donors (Lipinski definition) is 1. The molecule has 0 fully saturated rings. The quantitative estimate of drug-likeness (QED) is 0.220. The van der Waals surface area contributed by atoms with Crippen molar-refractivity contribution < 1.29 is 19.4 Å². The summed E-state index contributed by atoms with van der Waals surface area (Å²) in [5, 5.41) is 8.84. The van der Waals surface area contributed by atoms with Gasteiger partial charge in [-0.2, -0.15) is 0 Å². The molecule has 38 heavy (non-hydrogen) atoms. The number of halogens is 1. The highest BCUT2D eigenvalue weighted by molar-refractivity contribution is 5.85. The van der Waals surface area contributed by atoms with Crippen molar-refractivity contribution in [1.82, 2.24) is 4.98 Å². The SMILES string of the molecule is Cc1cccc(CCOc2cc(C)c(-c3cccc(COc4ccc(CCC(=O)O)cc4)c3)c(C)c2)n1.Cl. The smallest absolute Gasteiger partial charge is 0.303 e. The molecule has 4 aromatic rings. The highest BCUT2D eigenvalue weighted by Gasteiger charge is 2.10. The number of carboxylic acid groups (broad SMARTS) is 1. The van der Waals surface area contributed by atoms with Gasteiger partial charge >= 0.3 is 5.97 Å². The molecule has 6 heteroatoms. The third-order valence-electron chi connectivity index (χ3n) is 6.25. The van der Waals surface area contributed by atoms with E-state index in [2.05, 4.69) is 55.2 Å². The lowest BCUT2D eigenvalue weighted by Crippen LogP contribution is -2.04. The summed E-state index contributed by atoms with van der Waals surface area (Å²) in [7, 11) is 0. The Morgan fingerprint density at radius 2 is 1.50 bits per heavy atom. The minimum Gasteiger partial charge on any atom is -0.493 e. The van der Waals surface area contributed by atoms with Gasteiger partial charge < -0.3 is 14.6 Å². The van der Waals surface area contributed by atoms with E-state index in [-0.39, 0.29) is 18.8 Å². The number of carboxylic acids is 1. The van der Waals surface area contributed by atoms with Gasteiger partial charge in [-0.3, -0.25) is 9.78 Å². The molecule has 0 aliphatic rings. The fraction of sp³-hybridized carbons (Fsp3) is 0.250. The predicted molar refractivity (Wildman–Crippen MR) is 154 cm³/mol. The zero-order valence-corrected chi connectivity index (χ0v) is 22.9. The van der Waals surface area contributed by atoms with E-state index in [0.717, 1.165) is 46.0 Å². The van der Waals surface area contributed by atoms with Crippen LogP contribution in [0.5, 0.6) is 11.5 Å². The highest BCUT2D eigenvalue weighted by Crippen LogP contribution is 2.32. The number of pyridine rings is 1. The van der Waals surface area contributed by atoms with Crippen LogP contribution < -0.4 is 9.47 Å². The fourth-order valence-corrected chi connectivity index (χ4v) is 4.46. The standard InChI is InChI=1S/C32H33NO4.ClH/c1-22-18-30(36-17-16-28-9-4-6-24(3)33-28)19-23(2)32(22)27-8-5-7-26(20-27)21-37-29-13-10-25(11-14-29)12-15-31(34)35;/h4-11,13-14,18-20H,12,15-17,21H2,1-3H3,(H,34,35);1H. The van der Waals surface area contributed by atoms with Gasteiger partial charge in [0.25, 0.3) is 0 Å². The maximum Gasteiger partial charge on any atom is 0.303 e. The number of nitrogens with zero attached hydrogens (tertiary/aromatic N) is 1. The minimum absolute atomic E-state index is 0. The Morgan fingerprint density at radius 1 is 0.789 bits per heavy atom. The van der Waals surface area contributed by atoms with Crippen molar-refractivity contribution in [2.45, 2.75) is 46.6 Å². The molecule has 0 aliphatic carbocycles. The first kappa shape index (κ1) is 28.7. The number of carbonyl (C=O) groups is 1. The first-order valence-corrected chi connectivity index (χ1v) is 12.6. The van der Waals surface area contributed by atoms with E-state index >= 15 is 0 Å². The first-order chi connectivity index (χ1) is 17.9. The Kier molecular flexibility index (Phi) is 10.3. The Bertz CT molecular complexity index is 1350. The van der Waals surface area contributed by atoms with Crippen LogP contribution in [0.1, 0.15) is 40.1 Å². The summed E-state index contributed by atoms with van der Waals surface area (Å²) in [4.78, 5) is 15.3. The lowest BCUT2D eigenvalue weighted by atomic mass is 9.94. The van der Waals surface area contributed by atoms with E-state index in [1.807, 2.05) is 49.4 Å². The van der Waals surface area contributed by atoms with Gasteiger partial charge in [-0.1, -0.05) is 36.4 Å². The van der Waals surface area contributed by atoms with Crippen molar-refractivity contribution in [2.24, 2.45) is 0 Å². The van der Waals surface area contributed by atoms with Gasteiger partial charge in [0.2, 0.25) is 0 Å². The van der Waals surface area contributed by atoms with Gasteiger partial charge in [0.1, 0.15) is 18.1 Å². The zero-order valence-electron chi connectivity index (χ0n) is 22.1. The van der Waals surface area contributed by atoms with E-state index in [9.17, 15) is 4.79 Å². The number of aromatic nitrogens is 1. The van der Waals surface area contributed by atoms with Crippen LogP contribution in [0.2, 0.25) is 0 Å². The van der Waals surface area contributed by atoms with Crippen molar-refractivity contribution in [1.29, 1.82) is 0 Å². The van der Waals surface area contributed by atoms with Gasteiger partial charge in [0, 0.05) is 24.2 Å². The monoisotopic (exact) mass is 531 g/mol. The Balaban J connectivity index is 0.00000400. The molecule has 0 bridgehead atoms. The van der Waals surface area contributed by atoms with Crippen LogP contribution in [0.4, 0.5) is 0 Å². The number of aliphatic carboxylic acids is 1. The predicted octanol–water partition coefficient (Wildman–Crippen LogP) is 7.31.